The molecule has 786 valence electrons. The van der Waals surface area contributed by atoms with Crippen molar-refractivity contribution in [3.05, 3.63) is 167 Å². The second kappa shape index (κ2) is 82.5. The molecular weight excluding hydrogens is 1970 g/mol. The third-order valence-electron chi connectivity index (χ3n) is 18.9. The van der Waals surface area contributed by atoms with Crippen molar-refractivity contribution in [2.24, 2.45) is 5.73 Å². The van der Waals surface area contributed by atoms with E-state index in [0.29, 0.717) is 133 Å². The van der Waals surface area contributed by atoms with Crippen LogP contribution in [0.25, 0.3) is 0 Å². The predicted octanol–water partition coefficient (Wildman–Crippen LogP) is 8.68. The lowest BCUT2D eigenvalue weighted by atomic mass is 9.97. The SMILES string of the molecule is C#CCCO.C#CCOC1CCCCO1.COC(=O)C(C)(N)CC/C=C\Cn1c(C)noc1=O.CS(=O)(=O)OC/C=C\CCOC1CCCCO1.Cc1noc(=O)n1C/C=C\CCI.Cc1noc(=O)n1C/C=C\CCO.Cc1noc(=O)n1C/C=C\CCOC1CCCCO1.Cc1noc(=O)n1C/C=C\CCOS(C)(=O)=O.OC/C=C\CCOC1CCCCO1.OCC#CCCOC1CCCCO1. The summed E-state index contributed by atoms with van der Waals surface area (Å²) in [6.07, 6.45) is 60.6. The number of rotatable bonds is 44. The topological polar surface area (TPSA) is 552 Å². The normalized spacial score (nSPS) is 17.4. The van der Waals surface area contributed by atoms with E-state index in [1.807, 2.05) is 42.5 Å². The number of nitrogens with zero attached hydrogens (tertiary/aromatic N) is 10. The molecule has 5 aromatic rings. The Morgan fingerprint density at radius 1 is 0.432 bits per heavy atom. The van der Waals surface area contributed by atoms with Gasteiger partial charge in [-0.05, 0) is 189 Å². The van der Waals surface area contributed by atoms with Crippen molar-refractivity contribution in [3.63, 3.8) is 0 Å². The Kier molecular flexibility index (Phi) is 76.0. The molecule has 10 rings (SSSR count). The van der Waals surface area contributed by atoms with Crippen molar-refractivity contribution < 1.29 is 125 Å². The van der Waals surface area contributed by atoms with Crippen LogP contribution in [0.3, 0.4) is 0 Å². The number of terminal acetylenes is 2. The first kappa shape index (κ1) is 128. The molecule has 0 radical (unpaired) electrons. The second-order valence-electron chi connectivity index (χ2n) is 30.5. The van der Waals surface area contributed by atoms with Crippen LogP contribution in [0.4, 0.5) is 0 Å². The van der Waals surface area contributed by atoms with Gasteiger partial charge in [-0.2, -0.15) is 16.8 Å². The minimum absolute atomic E-state index is 0.0104. The van der Waals surface area contributed by atoms with Crippen molar-refractivity contribution in [1.82, 2.24) is 48.6 Å². The number of aromatic nitrogens is 10. The summed E-state index contributed by atoms with van der Waals surface area (Å²) in [6, 6.07) is 0. The molecule has 0 aliphatic carbocycles. The number of ether oxygens (including phenoxy) is 11. The summed E-state index contributed by atoms with van der Waals surface area (Å²) in [7, 11) is -5.41. The van der Waals surface area contributed by atoms with Crippen molar-refractivity contribution in [2.45, 2.75) is 272 Å². The molecule has 0 bridgehead atoms. The molecule has 6 atom stereocenters. The van der Waals surface area contributed by atoms with Gasteiger partial charge in [0.05, 0.1) is 72.5 Å². The largest absolute Gasteiger partial charge is 0.468 e. The summed E-state index contributed by atoms with van der Waals surface area (Å²) in [4.78, 5) is 66.8. The Morgan fingerprint density at radius 3 is 1.04 bits per heavy atom. The first-order valence-corrected chi connectivity index (χ1v) is 51.3. The highest BCUT2D eigenvalue weighted by molar-refractivity contribution is 14.1. The van der Waals surface area contributed by atoms with Crippen molar-refractivity contribution >= 4 is 48.8 Å². The number of aryl methyl sites for hydroxylation is 5. The van der Waals surface area contributed by atoms with Gasteiger partial charge >= 0.3 is 34.7 Å². The molecule has 5 aromatic heterocycles. The molecule has 6 unspecified atom stereocenters. The van der Waals surface area contributed by atoms with Gasteiger partial charge in [0.15, 0.2) is 60.6 Å². The van der Waals surface area contributed by atoms with E-state index in [1.165, 1.54) is 55.6 Å². The molecular formula is C93H148IN11O32S2. The fourth-order valence-corrected chi connectivity index (χ4v) is 12.6. The van der Waals surface area contributed by atoms with E-state index >= 15 is 0 Å². The van der Waals surface area contributed by atoms with Crippen LogP contribution >= 0.6 is 22.6 Å². The Bertz CT molecular complexity index is 4850. The van der Waals surface area contributed by atoms with Crippen molar-refractivity contribution in [1.29, 1.82) is 0 Å². The maximum absolute atomic E-state index is 11.3. The van der Waals surface area contributed by atoms with Crippen LogP contribution in [-0.2, 0) is 118 Å². The third kappa shape index (κ3) is 67.9. The van der Waals surface area contributed by atoms with Crippen LogP contribution in [0, 0.1) is 71.1 Å². The summed E-state index contributed by atoms with van der Waals surface area (Å²) in [5, 5.41) is 50.9. The molecule has 46 heteroatoms. The second-order valence-corrected chi connectivity index (χ2v) is 34.9. The van der Waals surface area contributed by atoms with Gasteiger partial charge in [0.25, 0.3) is 20.2 Å². The molecule has 0 saturated carbocycles. The Hall–Kier alpha value is -9.02. The maximum Gasteiger partial charge on any atom is 0.441 e. The zero-order valence-electron chi connectivity index (χ0n) is 81.8. The first-order chi connectivity index (χ1) is 66.8. The van der Waals surface area contributed by atoms with E-state index in [9.17, 15) is 45.6 Å². The van der Waals surface area contributed by atoms with Gasteiger partial charge < -0.3 is 78.3 Å². The highest BCUT2D eigenvalue weighted by Gasteiger charge is 2.28. The molecule has 10 heterocycles. The Morgan fingerprint density at radius 2 is 0.755 bits per heavy atom. The number of aliphatic hydroxyl groups excluding tert-OH is 4. The Labute approximate surface area is 828 Å². The lowest BCUT2D eigenvalue weighted by Crippen LogP contribution is -2.45. The number of alkyl halides is 1. The van der Waals surface area contributed by atoms with Crippen LogP contribution < -0.4 is 34.5 Å². The van der Waals surface area contributed by atoms with E-state index in [-0.39, 0.29) is 71.1 Å². The standard InChI is InChI=1S/C13H20N2O4.C12H19N3O4.C11H20O5S.C10H18O3.C10H16O3.C9H14N2O5S.C8H11IN2O2.C8H12N2O3.C8H12O2.C4H6O/c1-11-14-19-13(16)15(11)8-4-2-5-9-17-12-7-3-6-10-18-12;1-9-14-19-11(17)15(9)8-6-4-5-7-12(2,13)10(16)18-3;1-17(12,13)16-10-5-2-4-8-14-11-7-3-6-9-15-11;2*11-7-3-1-4-8-12-10-6-2-5-9-13-10;1-8-10-16-9(12)11(8)6-4-3-5-7-15-17(2,13)14;1-7-10-13-8(12)11(7)6-4-2-3-5-9;1-7-9-13-8(12)10(7)5-3-2-4-6-11;1-2-6-9-8-5-3-4-7-10-8;1-2-3-4-5/h2,4,12H,3,5-10H2,1H3;4,6H,5,7-8,13H2,1-3H3;2,5,11H,3-4,6-10H2,1H3;1,3,10-11H,2,4-9H2;10-11H,2,4-9H2;3-4H,5-7H2,1-2H3;2,4H,3,5-6H2,1H3;2-3,11H,4-6H2,1H3;1,8H,3-7H2;1,5H,3-4H2/b4-2-;6-4-;5-2-;3-1-;;4-3-;4-2-;3-2-;;. The zero-order chi connectivity index (χ0) is 103. The fraction of sp³-hybridized carbons (Fsp3) is 0.667. The summed E-state index contributed by atoms with van der Waals surface area (Å²) < 4.78 is 141. The Balaban J connectivity index is 0.000000781. The lowest BCUT2D eigenvalue weighted by Gasteiger charge is -2.22. The van der Waals surface area contributed by atoms with Crippen molar-refractivity contribution in [3.8, 4) is 36.5 Å². The van der Waals surface area contributed by atoms with Gasteiger partial charge in [-0.1, -0.05) is 151 Å². The average molecular weight is 2120 g/mol. The number of carbonyl (C=O) groups is 1. The van der Waals surface area contributed by atoms with E-state index in [0.717, 1.165) is 146 Å². The summed E-state index contributed by atoms with van der Waals surface area (Å²) in [5.41, 5.74) is 4.81. The number of esters is 1. The monoisotopic (exact) mass is 2120 g/mol. The van der Waals surface area contributed by atoms with Crippen LogP contribution in [0.15, 0.2) is 132 Å². The number of hydrogen-bond donors (Lipinski definition) is 5. The molecule has 0 amide bonds. The quantitative estimate of drug-likeness (QED) is 0.00463. The molecule has 5 aliphatic heterocycles. The van der Waals surface area contributed by atoms with E-state index in [2.05, 4.69) is 108 Å². The number of halogens is 1. The average Bonchev–Trinajstić information content (AvgIpc) is 1.72. The van der Waals surface area contributed by atoms with Crippen LogP contribution in [0.1, 0.15) is 197 Å². The zero-order valence-corrected chi connectivity index (χ0v) is 85.6. The number of nitrogens with two attached hydrogens (primary N) is 1. The van der Waals surface area contributed by atoms with Crippen LogP contribution in [-0.4, -0.2) is 259 Å². The van der Waals surface area contributed by atoms with Gasteiger partial charge in [-0.15, -0.1) is 18.8 Å². The number of allylic oxidation sites excluding steroid dienone is 7. The molecule has 139 heavy (non-hydrogen) atoms. The fourth-order valence-electron chi connectivity index (χ4n) is 11.5. The molecule has 5 fully saturated rings. The summed E-state index contributed by atoms with van der Waals surface area (Å²) in [6.45, 7) is 19.7. The molecule has 5 aliphatic rings. The van der Waals surface area contributed by atoms with Crippen molar-refractivity contribution in [2.75, 3.05) is 130 Å². The van der Waals surface area contributed by atoms with Gasteiger partial charge in [0, 0.05) is 89.6 Å². The van der Waals surface area contributed by atoms with E-state index in [1.54, 1.807) is 84.1 Å². The molecule has 43 nitrogen and oxygen atoms in total. The predicted molar refractivity (Wildman–Crippen MR) is 524 cm³/mol. The maximum atomic E-state index is 11.3. The van der Waals surface area contributed by atoms with Crippen LogP contribution in [0.2, 0.25) is 0 Å². The molecule has 6 N–H and O–H groups in total. The highest BCUT2D eigenvalue weighted by atomic mass is 127. The lowest BCUT2D eigenvalue weighted by molar-refractivity contribution is -0.161. The smallest absolute Gasteiger partial charge is 0.441 e. The van der Waals surface area contributed by atoms with Gasteiger partial charge in [0.1, 0.15) is 18.8 Å². The minimum atomic E-state index is -3.38. The van der Waals surface area contributed by atoms with Gasteiger partial charge in [-0.3, -0.25) is 58.6 Å². The number of hydrogen-bond acceptors (Lipinski definition) is 38. The molecule has 0 spiro atoms. The van der Waals surface area contributed by atoms with Gasteiger partial charge in [0.2, 0.25) is 0 Å². The summed E-state index contributed by atoms with van der Waals surface area (Å²) in [5.74, 6) is 10.1. The summed E-state index contributed by atoms with van der Waals surface area (Å²) >= 11 is 2.30. The number of methoxy groups -OCH3 is 1. The highest BCUT2D eigenvalue weighted by Crippen LogP contribution is 2.19. The third-order valence-corrected chi connectivity index (χ3v) is 20.6. The van der Waals surface area contributed by atoms with Gasteiger partial charge in [-0.25, -0.2) is 24.0 Å². The van der Waals surface area contributed by atoms with E-state index < -0.39 is 60.5 Å². The first-order valence-electron chi connectivity index (χ1n) is 46.1. The molecule has 0 aromatic carbocycles. The minimum Gasteiger partial charge on any atom is -0.468 e. The van der Waals surface area contributed by atoms with E-state index in [4.69, 9.17) is 86.4 Å². The number of aliphatic hydroxyl groups is 4. The molecule has 5 saturated heterocycles. The van der Waals surface area contributed by atoms with Crippen LogP contribution in [0.5, 0.6) is 0 Å². The number of carbonyl (C=O) groups excluding carboxylic acids is 1.